The molecule has 4 nitrogen and oxygen atoms in total. The van der Waals surface area contributed by atoms with Crippen LogP contribution in [-0.2, 0) is 0 Å². The molecule has 0 saturated heterocycles. The molecule has 0 spiro atoms. The second kappa shape index (κ2) is 7.74. The monoisotopic (exact) mass is 294 g/mol. The number of carbonyl (C=O) groups is 2. The Bertz CT molecular complexity index is 627. The quantitative estimate of drug-likeness (QED) is 0.906. The number of carboxylic acid groups (broad SMARTS) is 2. The molecule has 0 radical (unpaired) electrons. The summed E-state index contributed by atoms with van der Waals surface area (Å²) in [6.07, 6.45) is 0. The number of hydrogen-bond donors (Lipinski definition) is 2. The fourth-order valence-corrected chi connectivity index (χ4v) is 1.72. The van der Waals surface area contributed by atoms with Gasteiger partial charge < -0.3 is 10.2 Å². The summed E-state index contributed by atoms with van der Waals surface area (Å²) in [4.78, 5) is 22.0. The number of hydrogen-bond acceptors (Lipinski definition) is 2. The largest absolute Gasteiger partial charge is 0.478 e. The number of aromatic carboxylic acids is 2. The van der Waals surface area contributed by atoms with Crippen molar-refractivity contribution in [2.45, 2.75) is 0 Å². The van der Waals surface area contributed by atoms with E-state index in [0.29, 0.717) is 5.56 Å². The molecule has 0 bridgehead atoms. The van der Waals surface area contributed by atoms with Gasteiger partial charge in [0.25, 0.3) is 0 Å². The lowest BCUT2D eigenvalue weighted by Gasteiger charge is -2.06. The van der Waals surface area contributed by atoms with Crippen LogP contribution < -0.4 is 0 Å². The van der Waals surface area contributed by atoms with Crippen LogP contribution in [0.4, 0.5) is 8.78 Å². The van der Waals surface area contributed by atoms with Gasteiger partial charge in [-0.25, -0.2) is 18.4 Å². The second-order valence-corrected chi connectivity index (χ2v) is 3.84. The van der Waals surface area contributed by atoms with Crippen LogP contribution in [0.5, 0.6) is 0 Å². The Hall–Kier alpha value is -2.76. The number of benzene rings is 2. The van der Waals surface area contributed by atoms with Crippen molar-refractivity contribution in [3.8, 4) is 11.1 Å². The molecular weight excluding hydrogens is 282 g/mol. The Balaban J connectivity index is 0.000000677. The van der Waals surface area contributed by atoms with Gasteiger partial charge in [-0.3, -0.25) is 0 Å². The molecule has 0 aliphatic rings. The minimum Gasteiger partial charge on any atom is -0.478 e. The molecule has 0 fully saturated rings. The first-order valence-electron chi connectivity index (χ1n) is 5.79. The van der Waals surface area contributed by atoms with E-state index >= 15 is 0 Å². The van der Waals surface area contributed by atoms with Gasteiger partial charge in [0, 0.05) is 0 Å². The molecule has 21 heavy (non-hydrogen) atoms. The Morgan fingerprint density at radius 3 is 1.81 bits per heavy atom. The standard InChI is InChI=1S/C14H10O4.CH2F2/c15-13(16)11-7-6-10(8-12(11)14(17)18)9-4-2-1-3-5-9;2-1-3/h1-8H,(H,15,16)(H,17,18);1H2. The Kier molecular flexibility index (Phi) is 6.00. The zero-order valence-electron chi connectivity index (χ0n) is 10.8. The van der Waals surface area contributed by atoms with Crippen LogP contribution >= 0.6 is 0 Å². The van der Waals surface area contributed by atoms with E-state index in [-0.39, 0.29) is 11.1 Å². The SMILES string of the molecule is FCF.O=C(O)c1ccc(-c2ccccc2)cc1C(=O)O. The molecule has 0 aromatic heterocycles. The maximum Gasteiger partial charge on any atom is 0.336 e. The van der Waals surface area contributed by atoms with Gasteiger partial charge in [0.2, 0.25) is 6.93 Å². The lowest BCUT2D eigenvalue weighted by Crippen LogP contribution is -2.07. The Morgan fingerprint density at radius 2 is 1.33 bits per heavy atom. The maximum atomic E-state index is 11.0. The van der Waals surface area contributed by atoms with Crippen LogP contribution in [0.1, 0.15) is 20.7 Å². The summed E-state index contributed by atoms with van der Waals surface area (Å²) in [6, 6.07) is 13.5. The van der Waals surface area contributed by atoms with Crippen LogP contribution in [0, 0.1) is 0 Å². The number of carboxylic acids is 2. The van der Waals surface area contributed by atoms with E-state index in [1.807, 2.05) is 30.3 Å². The fraction of sp³-hybridized carbons (Fsp3) is 0.0667. The Morgan fingerprint density at radius 1 is 0.810 bits per heavy atom. The minimum absolute atomic E-state index is 0.205. The highest BCUT2D eigenvalue weighted by molar-refractivity contribution is 6.02. The minimum atomic E-state index is -1.75. The third kappa shape index (κ3) is 4.38. The molecule has 0 unspecified atom stereocenters. The van der Waals surface area contributed by atoms with Crippen molar-refractivity contribution in [2.75, 3.05) is 6.93 Å². The molecule has 6 heteroatoms. The fourth-order valence-electron chi connectivity index (χ4n) is 1.72. The molecular formula is C15H12F2O4. The summed E-state index contributed by atoms with van der Waals surface area (Å²) in [6.45, 7) is -1.75. The van der Waals surface area contributed by atoms with Crippen LogP contribution in [0.2, 0.25) is 0 Å². The molecule has 110 valence electrons. The van der Waals surface area contributed by atoms with Gasteiger partial charge in [-0.15, -0.1) is 0 Å². The van der Waals surface area contributed by atoms with Gasteiger partial charge in [-0.2, -0.15) is 0 Å². The molecule has 0 heterocycles. The number of rotatable bonds is 3. The lowest BCUT2D eigenvalue weighted by atomic mass is 9.99. The molecule has 0 aliphatic carbocycles. The first-order valence-corrected chi connectivity index (χ1v) is 5.79. The van der Waals surface area contributed by atoms with Gasteiger partial charge in [-0.1, -0.05) is 36.4 Å². The highest BCUT2D eigenvalue weighted by atomic mass is 19.3. The summed E-state index contributed by atoms with van der Waals surface area (Å²) in [7, 11) is 0. The maximum absolute atomic E-state index is 11.0. The van der Waals surface area contributed by atoms with Crippen molar-refractivity contribution < 1.29 is 28.6 Å². The average Bonchev–Trinajstić information content (AvgIpc) is 2.48. The average molecular weight is 294 g/mol. The van der Waals surface area contributed by atoms with E-state index in [4.69, 9.17) is 10.2 Å². The molecule has 0 saturated carbocycles. The first kappa shape index (κ1) is 16.3. The van der Waals surface area contributed by atoms with Crippen molar-refractivity contribution in [3.05, 3.63) is 59.7 Å². The summed E-state index contributed by atoms with van der Waals surface area (Å²) in [5.74, 6) is -2.49. The van der Waals surface area contributed by atoms with E-state index in [1.54, 1.807) is 6.07 Å². The Labute approximate surface area is 119 Å². The summed E-state index contributed by atoms with van der Waals surface area (Å²) in [5.41, 5.74) is 1.11. The van der Waals surface area contributed by atoms with E-state index < -0.39 is 18.9 Å². The van der Waals surface area contributed by atoms with Crippen LogP contribution in [0.25, 0.3) is 11.1 Å². The van der Waals surface area contributed by atoms with Gasteiger partial charge >= 0.3 is 11.9 Å². The first-order chi connectivity index (χ1) is 10.0. The van der Waals surface area contributed by atoms with Crippen molar-refractivity contribution in [1.29, 1.82) is 0 Å². The van der Waals surface area contributed by atoms with E-state index in [9.17, 15) is 18.4 Å². The molecule has 0 atom stereocenters. The molecule has 2 N–H and O–H groups in total. The van der Waals surface area contributed by atoms with E-state index in [2.05, 4.69) is 0 Å². The van der Waals surface area contributed by atoms with Crippen LogP contribution in [0.3, 0.4) is 0 Å². The summed E-state index contributed by atoms with van der Waals surface area (Å²) in [5, 5.41) is 17.9. The molecule has 2 aromatic rings. The van der Waals surface area contributed by atoms with Crippen molar-refractivity contribution >= 4 is 11.9 Å². The van der Waals surface area contributed by atoms with Gasteiger partial charge in [0.15, 0.2) is 0 Å². The van der Waals surface area contributed by atoms with Crippen LogP contribution in [-0.4, -0.2) is 29.1 Å². The predicted molar refractivity (Wildman–Crippen MR) is 72.9 cm³/mol. The third-order valence-electron chi connectivity index (χ3n) is 2.59. The van der Waals surface area contributed by atoms with Gasteiger partial charge in [0.1, 0.15) is 0 Å². The van der Waals surface area contributed by atoms with Crippen LogP contribution in [0.15, 0.2) is 48.5 Å². The molecule has 0 amide bonds. The van der Waals surface area contributed by atoms with E-state index in [0.717, 1.165) is 5.56 Å². The molecule has 2 aromatic carbocycles. The van der Waals surface area contributed by atoms with E-state index in [1.165, 1.54) is 12.1 Å². The highest BCUT2D eigenvalue weighted by Crippen LogP contribution is 2.22. The van der Waals surface area contributed by atoms with Crippen molar-refractivity contribution in [2.24, 2.45) is 0 Å². The summed E-state index contributed by atoms with van der Waals surface area (Å²) >= 11 is 0. The van der Waals surface area contributed by atoms with Crippen molar-refractivity contribution in [1.82, 2.24) is 0 Å². The normalized spacial score (nSPS) is 9.43. The van der Waals surface area contributed by atoms with Gasteiger partial charge in [-0.05, 0) is 23.3 Å². The number of alkyl halides is 2. The highest BCUT2D eigenvalue weighted by Gasteiger charge is 2.16. The van der Waals surface area contributed by atoms with Crippen molar-refractivity contribution in [3.63, 3.8) is 0 Å². The number of halogens is 2. The lowest BCUT2D eigenvalue weighted by molar-refractivity contribution is 0.0651. The topological polar surface area (TPSA) is 74.6 Å². The van der Waals surface area contributed by atoms with Gasteiger partial charge in [0.05, 0.1) is 11.1 Å². The smallest absolute Gasteiger partial charge is 0.336 e. The third-order valence-corrected chi connectivity index (χ3v) is 2.59. The summed E-state index contributed by atoms with van der Waals surface area (Å²) < 4.78 is 19.2. The second-order valence-electron chi connectivity index (χ2n) is 3.84. The zero-order chi connectivity index (χ0) is 15.8. The zero-order valence-corrected chi connectivity index (χ0v) is 10.8. The predicted octanol–water partition coefficient (Wildman–Crippen LogP) is 3.63. The molecule has 2 rings (SSSR count). The molecule has 0 aliphatic heterocycles.